The van der Waals surface area contributed by atoms with Crippen molar-refractivity contribution >= 4 is 22.9 Å². The molecule has 0 bridgehead atoms. The van der Waals surface area contributed by atoms with Gasteiger partial charge < -0.3 is 31.8 Å². The van der Waals surface area contributed by atoms with Gasteiger partial charge in [-0.2, -0.15) is 0 Å². The van der Waals surface area contributed by atoms with Crippen LogP contribution >= 0.6 is 0 Å². The summed E-state index contributed by atoms with van der Waals surface area (Å²) in [6.45, 7) is 2.04. The molecule has 0 aliphatic rings. The Balaban J connectivity index is 1.98. The maximum absolute atomic E-state index is 12.7. The van der Waals surface area contributed by atoms with E-state index in [0.717, 1.165) is 42.1 Å². The minimum Gasteiger partial charge on any atom is -0.450 e. The van der Waals surface area contributed by atoms with Crippen LogP contribution in [0, 0.1) is 0 Å². The molecule has 8 nitrogen and oxygen atoms in total. The molecule has 0 aliphatic carbocycles. The molecular formula is C21H33N5O3. The van der Waals surface area contributed by atoms with Crippen molar-refractivity contribution in [1.82, 2.24) is 15.6 Å². The van der Waals surface area contributed by atoms with E-state index in [9.17, 15) is 9.59 Å². The van der Waals surface area contributed by atoms with Gasteiger partial charge in [0.1, 0.15) is 6.04 Å². The molecule has 0 radical (unpaired) electrons. The summed E-state index contributed by atoms with van der Waals surface area (Å²) < 4.78 is 5.18. The number of fused-ring (bicyclic) bond motifs is 1. The number of nitrogens with two attached hydrogens (primary N) is 2. The Morgan fingerprint density at radius 2 is 1.79 bits per heavy atom. The van der Waals surface area contributed by atoms with Crippen LogP contribution in [-0.2, 0) is 16.0 Å². The van der Waals surface area contributed by atoms with E-state index in [0.29, 0.717) is 32.5 Å². The zero-order valence-electron chi connectivity index (χ0n) is 16.9. The molecule has 1 heterocycles. The SMILES string of the molecule is NCCCCCNC(=O)[C@H](Cc1c[nH]c2ccccc12)NC(=O)OCCCCN. The molecule has 2 aromatic rings. The summed E-state index contributed by atoms with van der Waals surface area (Å²) in [7, 11) is 0. The molecular weight excluding hydrogens is 370 g/mol. The predicted octanol–water partition coefficient (Wildman–Crippen LogP) is 1.79. The average molecular weight is 404 g/mol. The summed E-state index contributed by atoms with van der Waals surface area (Å²) in [5, 5.41) is 6.65. The number of aromatic amines is 1. The monoisotopic (exact) mass is 403 g/mol. The van der Waals surface area contributed by atoms with Gasteiger partial charge in [-0.15, -0.1) is 0 Å². The van der Waals surface area contributed by atoms with Crippen LogP contribution in [-0.4, -0.2) is 49.3 Å². The Labute approximate surface area is 171 Å². The molecule has 29 heavy (non-hydrogen) atoms. The van der Waals surface area contributed by atoms with Gasteiger partial charge >= 0.3 is 6.09 Å². The smallest absolute Gasteiger partial charge is 0.407 e. The fourth-order valence-electron chi connectivity index (χ4n) is 3.11. The Kier molecular flexibility index (Phi) is 10.0. The van der Waals surface area contributed by atoms with Crippen molar-refractivity contribution in [1.29, 1.82) is 0 Å². The fraction of sp³-hybridized carbons (Fsp3) is 0.524. The van der Waals surface area contributed by atoms with Gasteiger partial charge in [0.15, 0.2) is 0 Å². The van der Waals surface area contributed by atoms with E-state index in [2.05, 4.69) is 15.6 Å². The summed E-state index contributed by atoms with van der Waals surface area (Å²) >= 11 is 0. The van der Waals surface area contributed by atoms with Gasteiger partial charge in [-0.3, -0.25) is 4.79 Å². The van der Waals surface area contributed by atoms with Crippen LogP contribution < -0.4 is 22.1 Å². The molecule has 7 N–H and O–H groups in total. The van der Waals surface area contributed by atoms with Crippen LogP contribution in [0.15, 0.2) is 30.5 Å². The second kappa shape index (κ2) is 12.8. The zero-order chi connectivity index (χ0) is 20.9. The van der Waals surface area contributed by atoms with Crippen molar-refractivity contribution in [3.8, 4) is 0 Å². The van der Waals surface area contributed by atoms with Gasteiger partial charge in [-0.1, -0.05) is 24.6 Å². The maximum Gasteiger partial charge on any atom is 0.407 e. The Hall–Kier alpha value is -2.58. The molecule has 0 saturated heterocycles. The number of alkyl carbamates (subject to hydrolysis) is 1. The molecule has 0 unspecified atom stereocenters. The molecule has 1 atom stereocenters. The van der Waals surface area contributed by atoms with E-state index in [1.165, 1.54) is 0 Å². The number of aromatic nitrogens is 1. The summed E-state index contributed by atoms with van der Waals surface area (Å²) in [6, 6.07) is 7.15. The predicted molar refractivity (Wildman–Crippen MR) is 114 cm³/mol. The lowest BCUT2D eigenvalue weighted by atomic mass is 10.0. The molecule has 0 aliphatic heterocycles. The fourth-order valence-corrected chi connectivity index (χ4v) is 3.11. The Morgan fingerprint density at radius 1 is 1.03 bits per heavy atom. The minimum absolute atomic E-state index is 0.220. The van der Waals surface area contributed by atoms with E-state index in [1.54, 1.807) is 0 Å². The standard InChI is InChI=1S/C21H33N5O3/c22-10-4-1-6-12-24-20(27)19(26-21(28)29-13-7-5-11-23)14-16-15-25-18-9-3-2-8-17(16)18/h2-3,8-9,15,19,25H,1,4-7,10-14,22-23H2,(H,24,27)(H,26,28)/t19-/m0/s1. The number of H-pyrrole nitrogens is 1. The number of hydrogen-bond donors (Lipinski definition) is 5. The number of unbranched alkanes of at least 4 members (excludes halogenated alkanes) is 3. The zero-order valence-corrected chi connectivity index (χ0v) is 16.9. The number of carbonyl (C=O) groups is 2. The summed E-state index contributed by atoms with van der Waals surface area (Å²) in [5.74, 6) is -0.220. The first-order valence-electron chi connectivity index (χ1n) is 10.3. The summed E-state index contributed by atoms with van der Waals surface area (Å²) in [4.78, 5) is 28.1. The van der Waals surface area contributed by atoms with E-state index in [4.69, 9.17) is 16.2 Å². The van der Waals surface area contributed by atoms with Gasteiger partial charge in [0.05, 0.1) is 6.61 Å². The number of nitrogens with one attached hydrogen (secondary N) is 3. The number of benzene rings is 1. The number of para-hydroxylation sites is 1. The highest BCUT2D eigenvalue weighted by Gasteiger charge is 2.23. The topological polar surface area (TPSA) is 135 Å². The van der Waals surface area contributed by atoms with Crippen molar-refractivity contribution in [2.24, 2.45) is 11.5 Å². The highest BCUT2D eigenvalue weighted by molar-refractivity contribution is 5.88. The molecule has 160 valence electrons. The van der Waals surface area contributed by atoms with Crippen molar-refractivity contribution in [2.75, 3.05) is 26.2 Å². The third kappa shape index (κ3) is 7.75. The van der Waals surface area contributed by atoms with Crippen LogP contribution in [0.2, 0.25) is 0 Å². The molecule has 0 saturated carbocycles. The number of rotatable bonds is 13. The van der Waals surface area contributed by atoms with E-state index in [-0.39, 0.29) is 12.5 Å². The lowest BCUT2D eigenvalue weighted by Crippen LogP contribution is -2.48. The van der Waals surface area contributed by atoms with Gasteiger partial charge in [-0.25, -0.2) is 4.79 Å². The van der Waals surface area contributed by atoms with Crippen molar-refractivity contribution < 1.29 is 14.3 Å². The number of carbonyl (C=O) groups excluding carboxylic acids is 2. The molecule has 8 heteroatoms. The van der Waals surface area contributed by atoms with Gasteiger partial charge in [0, 0.05) is 30.1 Å². The minimum atomic E-state index is -0.717. The van der Waals surface area contributed by atoms with Crippen molar-refractivity contribution in [3.05, 3.63) is 36.0 Å². The van der Waals surface area contributed by atoms with E-state index >= 15 is 0 Å². The third-order valence-electron chi connectivity index (χ3n) is 4.72. The maximum atomic E-state index is 12.7. The lowest BCUT2D eigenvalue weighted by Gasteiger charge is -2.18. The third-order valence-corrected chi connectivity index (χ3v) is 4.72. The first-order valence-corrected chi connectivity index (χ1v) is 10.3. The van der Waals surface area contributed by atoms with Gasteiger partial charge in [-0.05, 0) is 50.4 Å². The number of ether oxygens (including phenoxy) is 1. The van der Waals surface area contributed by atoms with Crippen molar-refractivity contribution in [3.63, 3.8) is 0 Å². The normalized spacial score (nSPS) is 11.9. The molecule has 2 amide bonds. The largest absolute Gasteiger partial charge is 0.450 e. The Bertz CT molecular complexity index is 762. The molecule has 0 fully saturated rings. The second-order valence-electron chi connectivity index (χ2n) is 7.03. The highest BCUT2D eigenvalue weighted by atomic mass is 16.5. The first kappa shape index (κ1) is 22.7. The number of hydrogen-bond acceptors (Lipinski definition) is 5. The van der Waals surface area contributed by atoms with Gasteiger partial charge in [0.25, 0.3) is 0 Å². The quantitative estimate of drug-likeness (QED) is 0.325. The van der Waals surface area contributed by atoms with Crippen LogP contribution in [0.5, 0.6) is 0 Å². The van der Waals surface area contributed by atoms with Gasteiger partial charge in [0.2, 0.25) is 5.91 Å². The lowest BCUT2D eigenvalue weighted by molar-refractivity contribution is -0.123. The van der Waals surface area contributed by atoms with E-state index in [1.807, 2.05) is 30.5 Å². The molecule has 0 spiro atoms. The molecule has 1 aromatic heterocycles. The van der Waals surface area contributed by atoms with Crippen LogP contribution in [0.3, 0.4) is 0 Å². The molecule has 2 rings (SSSR count). The van der Waals surface area contributed by atoms with Crippen molar-refractivity contribution in [2.45, 2.75) is 44.6 Å². The average Bonchev–Trinajstić information content (AvgIpc) is 3.13. The second-order valence-corrected chi connectivity index (χ2v) is 7.03. The van der Waals surface area contributed by atoms with Crippen LogP contribution in [0.4, 0.5) is 4.79 Å². The number of amides is 2. The molecule has 1 aromatic carbocycles. The van der Waals surface area contributed by atoms with E-state index < -0.39 is 12.1 Å². The summed E-state index contributed by atoms with van der Waals surface area (Å²) in [5.41, 5.74) is 12.9. The highest BCUT2D eigenvalue weighted by Crippen LogP contribution is 2.19. The van der Waals surface area contributed by atoms with Crippen LogP contribution in [0.25, 0.3) is 10.9 Å². The van der Waals surface area contributed by atoms with Crippen LogP contribution in [0.1, 0.15) is 37.7 Å². The Morgan fingerprint density at radius 3 is 2.59 bits per heavy atom. The summed E-state index contributed by atoms with van der Waals surface area (Å²) in [6.07, 6.45) is 5.89. The first-order chi connectivity index (χ1) is 14.2.